The number of esters is 2. The van der Waals surface area contributed by atoms with E-state index in [1.165, 1.54) is 6.42 Å². The van der Waals surface area contributed by atoms with E-state index in [4.69, 9.17) is 9.47 Å². The largest absolute Gasteiger partial charge is 0.465 e. The molecule has 0 heterocycles. The molecule has 0 aromatic heterocycles. The van der Waals surface area contributed by atoms with Gasteiger partial charge in [0.05, 0.1) is 19.1 Å². The fourth-order valence-electron chi connectivity index (χ4n) is 3.89. The third-order valence-electron chi connectivity index (χ3n) is 5.34. The molecule has 1 aliphatic rings. The first-order chi connectivity index (χ1) is 12.8. The molecular formula is C22H41NO4. The predicted octanol–water partition coefficient (Wildman–Crippen LogP) is 4.29. The summed E-state index contributed by atoms with van der Waals surface area (Å²) in [6, 6.07) is -0.554. The van der Waals surface area contributed by atoms with Gasteiger partial charge >= 0.3 is 11.9 Å². The lowest BCUT2D eigenvalue weighted by molar-refractivity contribution is -0.167. The van der Waals surface area contributed by atoms with Crippen molar-refractivity contribution in [3.63, 3.8) is 0 Å². The maximum Gasteiger partial charge on any atom is 0.324 e. The minimum Gasteiger partial charge on any atom is -0.465 e. The quantitative estimate of drug-likeness (QED) is 0.498. The molecule has 1 aliphatic carbocycles. The zero-order valence-electron chi connectivity index (χ0n) is 18.3. The summed E-state index contributed by atoms with van der Waals surface area (Å²) in [7, 11) is 0. The molecule has 0 aromatic carbocycles. The number of ether oxygens (including phenoxy) is 2. The molecule has 2 atom stereocenters. The van der Waals surface area contributed by atoms with Gasteiger partial charge in [-0.25, -0.2) is 0 Å². The highest BCUT2D eigenvalue weighted by atomic mass is 16.5. The van der Waals surface area contributed by atoms with Crippen molar-refractivity contribution < 1.29 is 19.1 Å². The lowest BCUT2D eigenvalue weighted by Crippen LogP contribution is -2.52. The fraction of sp³-hybridized carbons (Fsp3) is 0.909. The normalized spacial score (nSPS) is 18.0. The Bertz CT molecular complexity index is 440. The van der Waals surface area contributed by atoms with E-state index < -0.39 is 12.0 Å². The molecule has 0 N–H and O–H groups in total. The van der Waals surface area contributed by atoms with Gasteiger partial charge in [-0.1, -0.05) is 60.8 Å². The van der Waals surface area contributed by atoms with Gasteiger partial charge in [0.25, 0.3) is 0 Å². The molecule has 1 rings (SSSR count). The van der Waals surface area contributed by atoms with Crippen LogP contribution in [0.3, 0.4) is 0 Å². The molecule has 0 spiro atoms. The van der Waals surface area contributed by atoms with Crippen molar-refractivity contribution in [3.8, 4) is 0 Å². The van der Waals surface area contributed by atoms with Crippen LogP contribution in [0.5, 0.6) is 0 Å². The molecule has 5 heteroatoms. The van der Waals surface area contributed by atoms with Crippen molar-refractivity contribution in [2.24, 2.45) is 23.7 Å². The topological polar surface area (TPSA) is 55.8 Å². The minimum absolute atomic E-state index is 0.190. The fourth-order valence-corrected chi connectivity index (χ4v) is 3.89. The van der Waals surface area contributed by atoms with Gasteiger partial charge in [0.2, 0.25) is 0 Å². The molecular weight excluding hydrogens is 342 g/mol. The Balaban J connectivity index is 3.12. The molecule has 0 aliphatic heterocycles. The maximum atomic E-state index is 13.1. The second kappa shape index (κ2) is 12.4. The molecule has 27 heavy (non-hydrogen) atoms. The first kappa shape index (κ1) is 23.9. The van der Waals surface area contributed by atoms with Crippen molar-refractivity contribution in [3.05, 3.63) is 0 Å². The number of nitrogens with zero attached hydrogens (tertiary/aromatic N) is 1. The van der Waals surface area contributed by atoms with Gasteiger partial charge in [0, 0.05) is 0 Å². The number of hydrogen-bond acceptors (Lipinski definition) is 5. The molecule has 1 fully saturated rings. The highest BCUT2D eigenvalue weighted by Gasteiger charge is 2.44. The van der Waals surface area contributed by atoms with E-state index in [1.54, 1.807) is 0 Å². The summed E-state index contributed by atoms with van der Waals surface area (Å²) in [4.78, 5) is 28.2. The summed E-state index contributed by atoms with van der Waals surface area (Å²) in [5, 5.41) is 0. The Labute approximate surface area is 166 Å². The lowest BCUT2D eigenvalue weighted by Gasteiger charge is -2.38. The average molecular weight is 384 g/mol. The Morgan fingerprint density at radius 2 is 1.33 bits per heavy atom. The van der Waals surface area contributed by atoms with Crippen molar-refractivity contribution in [2.75, 3.05) is 26.3 Å². The van der Waals surface area contributed by atoms with Gasteiger partial charge < -0.3 is 9.47 Å². The molecule has 1 saturated carbocycles. The summed E-state index contributed by atoms with van der Waals surface area (Å²) >= 11 is 0. The van der Waals surface area contributed by atoms with E-state index in [-0.39, 0.29) is 29.7 Å². The number of likely N-dealkylation sites (N-methyl/N-ethyl adjacent to an activating group) is 1. The van der Waals surface area contributed by atoms with E-state index in [2.05, 4.69) is 4.90 Å². The van der Waals surface area contributed by atoms with Gasteiger partial charge in [-0.05, 0) is 43.7 Å². The summed E-state index contributed by atoms with van der Waals surface area (Å²) in [6.07, 6.45) is 5.40. The number of rotatable bonds is 11. The highest BCUT2D eigenvalue weighted by Crippen LogP contribution is 2.35. The highest BCUT2D eigenvalue weighted by molar-refractivity contribution is 5.85. The summed E-state index contributed by atoms with van der Waals surface area (Å²) in [5.41, 5.74) is 0. The van der Waals surface area contributed by atoms with Gasteiger partial charge in [-0.3, -0.25) is 14.5 Å². The van der Waals surface area contributed by atoms with Crippen LogP contribution in [0.4, 0.5) is 0 Å². The third kappa shape index (κ3) is 7.81. The Hall–Kier alpha value is -1.10. The van der Waals surface area contributed by atoms with Crippen LogP contribution in [0.15, 0.2) is 0 Å². The molecule has 2 unspecified atom stereocenters. The maximum absolute atomic E-state index is 13.1. The number of carbonyl (C=O) groups is 2. The second-order valence-corrected chi connectivity index (χ2v) is 8.64. The molecule has 0 bridgehead atoms. The van der Waals surface area contributed by atoms with Crippen molar-refractivity contribution in [2.45, 2.75) is 79.7 Å². The smallest absolute Gasteiger partial charge is 0.324 e. The minimum atomic E-state index is -0.554. The van der Waals surface area contributed by atoms with E-state index >= 15 is 0 Å². The van der Waals surface area contributed by atoms with Crippen LogP contribution in [0.2, 0.25) is 0 Å². The molecule has 0 saturated heterocycles. The van der Waals surface area contributed by atoms with Gasteiger partial charge in [-0.15, -0.1) is 0 Å². The van der Waals surface area contributed by atoms with Crippen LogP contribution >= 0.6 is 0 Å². The molecule has 5 nitrogen and oxygen atoms in total. The van der Waals surface area contributed by atoms with Crippen molar-refractivity contribution in [1.29, 1.82) is 0 Å². The summed E-state index contributed by atoms with van der Waals surface area (Å²) < 4.78 is 11.3. The summed E-state index contributed by atoms with van der Waals surface area (Å²) in [6.45, 7) is 14.4. The monoisotopic (exact) mass is 383 g/mol. The van der Waals surface area contributed by atoms with E-state index in [0.29, 0.717) is 26.3 Å². The van der Waals surface area contributed by atoms with Crippen LogP contribution in [-0.2, 0) is 19.1 Å². The van der Waals surface area contributed by atoms with Gasteiger partial charge in [0.1, 0.15) is 6.04 Å². The summed E-state index contributed by atoms with van der Waals surface area (Å²) in [5.74, 6) is -0.203. The Morgan fingerprint density at radius 3 is 1.78 bits per heavy atom. The Kier molecular flexibility index (Phi) is 11.0. The predicted molar refractivity (Wildman–Crippen MR) is 108 cm³/mol. The van der Waals surface area contributed by atoms with Crippen LogP contribution in [0, 0.1) is 23.7 Å². The molecule has 158 valence electrons. The lowest BCUT2D eigenvalue weighted by atomic mass is 9.76. The average Bonchev–Trinajstić information content (AvgIpc) is 2.65. The van der Waals surface area contributed by atoms with Gasteiger partial charge in [0.15, 0.2) is 0 Å². The zero-order valence-corrected chi connectivity index (χ0v) is 18.3. The van der Waals surface area contributed by atoms with Crippen molar-refractivity contribution >= 4 is 11.9 Å². The first-order valence-electron chi connectivity index (χ1n) is 10.9. The van der Waals surface area contributed by atoms with E-state index in [1.807, 2.05) is 41.5 Å². The van der Waals surface area contributed by atoms with Crippen molar-refractivity contribution in [1.82, 2.24) is 4.90 Å². The molecule has 0 radical (unpaired) electrons. The third-order valence-corrected chi connectivity index (χ3v) is 5.34. The van der Waals surface area contributed by atoms with E-state index in [0.717, 1.165) is 25.7 Å². The van der Waals surface area contributed by atoms with Crippen LogP contribution in [0.25, 0.3) is 0 Å². The second-order valence-electron chi connectivity index (χ2n) is 8.64. The molecule has 0 aromatic rings. The number of carbonyl (C=O) groups excluding carboxylic acids is 2. The SMILES string of the molecule is CCN(CC)C(C(=O)OCC(C)C)C(C(=O)OCC(C)C)C1CCCCC1. The van der Waals surface area contributed by atoms with Crippen LogP contribution in [0.1, 0.15) is 73.6 Å². The number of hydrogen-bond donors (Lipinski definition) is 0. The molecule has 0 amide bonds. The first-order valence-corrected chi connectivity index (χ1v) is 10.9. The van der Waals surface area contributed by atoms with Gasteiger partial charge in [-0.2, -0.15) is 0 Å². The standard InChI is InChI=1S/C22H41NO4/c1-7-23(8-2)20(22(25)27-15-17(5)6)19(18-12-10-9-11-13-18)21(24)26-14-16(3)4/h16-20H,7-15H2,1-6H3. The van der Waals surface area contributed by atoms with Crippen LogP contribution < -0.4 is 0 Å². The van der Waals surface area contributed by atoms with E-state index in [9.17, 15) is 9.59 Å². The van der Waals surface area contributed by atoms with Crippen LogP contribution in [-0.4, -0.2) is 49.2 Å². The zero-order chi connectivity index (χ0) is 20.4. The Morgan fingerprint density at radius 1 is 0.852 bits per heavy atom.